The zero-order valence-corrected chi connectivity index (χ0v) is 24.4. The summed E-state index contributed by atoms with van der Waals surface area (Å²) >= 11 is 0. The van der Waals surface area contributed by atoms with Crippen LogP contribution in [0.2, 0.25) is 0 Å². The van der Waals surface area contributed by atoms with E-state index in [0.717, 1.165) is 30.5 Å². The molecule has 1 nitrogen and oxygen atoms in total. The van der Waals surface area contributed by atoms with Crippen molar-refractivity contribution in [3.8, 4) is 5.69 Å². The number of fused-ring (bicyclic) bond motifs is 1. The number of aromatic nitrogens is 1. The van der Waals surface area contributed by atoms with E-state index in [-0.39, 0.29) is 0 Å². The summed E-state index contributed by atoms with van der Waals surface area (Å²) in [4.78, 5) is 0. The number of hydrogen-bond donors (Lipinski definition) is 0. The summed E-state index contributed by atoms with van der Waals surface area (Å²) in [5.41, 5.74) is 9.66. The van der Waals surface area contributed by atoms with Crippen LogP contribution in [0.1, 0.15) is 65.4 Å². The van der Waals surface area contributed by atoms with E-state index in [9.17, 15) is 13.2 Å². The standard InChI is InChI=1S/C37H38F3N/c1-5-35-26(4)33-24-30(23-29-12-10-28(11-13-29)22-25(2)3)17-21-36(33)41(35)32-19-15-27(16-20-32)14-18-31-8-6-7-9-34(31)37(38,39)40/h6-13,15-17,19-21,24-25H,5,14,18,22-23H2,1-4H3. The molecule has 212 valence electrons. The number of nitrogens with zero attached hydrogens (tertiary/aromatic N) is 1. The predicted octanol–water partition coefficient (Wildman–Crippen LogP) is 10.1. The minimum absolute atomic E-state index is 0.340. The second-order valence-electron chi connectivity index (χ2n) is 11.5. The van der Waals surface area contributed by atoms with Gasteiger partial charge in [0.1, 0.15) is 0 Å². The summed E-state index contributed by atoms with van der Waals surface area (Å²) in [7, 11) is 0. The lowest BCUT2D eigenvalue weighted by Crippen LogP contribution is -2.09. The minimum atomic E-state index is -4.33. The number of rotatable bonds is 9. The van der Waals surface area contributed by atoms with Gasteiger partial charge in [0, 0.05) is 16.8 Å². The first kappa shape index (κ1) is 28.7. The van der Waals surface area contributed by atoms with Crippen LogP contribution in [0, 0.1) is 12.8 Å². The molecule has 0 spiro atoms. The maximum Gasteiger partial charge on any atom is 0.416 e. The second-order valence-corrected chi connectivity index (χ2v) is 11.5. The van der Waals surface area contributed by atoms with E-state index in [1.165, 1.54) is 51.0 Å². The summed E-state index contributed by atoms with van der Waals surface area (Å²) < 4.78 is 42.5. The van der Waals surface area contributed by atoms with Crippen molar-refractivity contribution in [2.75, 3.05) is 0 Å². The Balaban J connectivity index is 1.37. The Morgan fingerprint density at radius 1 is 0.732 bits per heavy atom. The number of alkyl halides is 3. The molecule has 0 aliphatic rings. The third kappa shape index (κ3) is 6.43. The van der Waals surface area contributed by atoms with Gasteiger partial charge in [0.05, 0.1) is 11.1 Å². The Morgan fingerprint density at radius 3 is 2.02 bits per heavy atom. The van der Waals surface area contributed by atoms with E-state index in [1.54, 1.807) is 12.1 Å². The first-order valence-corrected chi connectivity index (χ1v) is 14.6. The summed E-state index contributed by atoms with van der Waals surface area (Å²) in [6.07, 6.45) is -0.515. The van der Waals surface area contributed by atoms with Gasteiger partial charge in [0.25, 0.3) is 0 Å². The molecule has 4 heteroatoms. The Morgan fingerprint density at radius 2 is 1.37 bits per heavy atom. The highest BCUT2D eigenvalue weighted by Gasteiger charge is 2.32. The molecule has 1 aromatic heterocycles. The van der Waals surface area contributed by atoms with E-state index in [0.29, 0.717) is 24.3 Å². The normalized spacial score (nSPS) is 12.0. The lowest BCUT2D eigenvalue weighted by molar-refractivity contribution is -0.138. The fraction of sp³-hybridized carbons (Fsp3) is 0.297. The first-order chi connectivity index (χ1) is 19.6. The molecule has 0 radical (unpaired) electrons. The van der Waals surface area contributed by atoms with Crippen molar-refractivity contribution < 1.29 is 13.2 Å². The summed E-state index contributed by atoms with van der Waals surface area (Å²) in [5, 5.41) is 1.27. The highest BCUT2D eigenvalue weighted by Crippen LogP contribution is 2.33. The minimum Gasteiger partial charge on any atom is -0.313 e. The second kappa shape index (κ2) is 12.0. The van der Waals surface area contributed by atoms with Crippen LogP contribution in [0.15, 0.2) is 91.0 Å². The van der Waals surface area contributed by atoms with Crippen LogP contribution in [0.4, 0.5) is 13.2 Å². The van der Waals surface area contributed by atoms with Gasteiger partial charge in [-0.3, -0.25) is 0 Å². The van der Waals surface area contributed by atoms with Crippen molar-refractivity contribution in [1.29, 1.82) is 0 Å². The Hall–Kier alpha value is -3.79. The topological polar surface area (TPSA) is 4.93 Å². The van der Waals surface area contributed by atoms with Gasteiger partial charge >= 0.3 is 6.18 Å². The van der Waals surface area contributed by atoms with Crippen LogP contribution in [0.25, 0.3) is 16.6 Å². The van der Waals surface area contributed by atoms with Crippen LogP contribution in [0.5, 0.6) is 0 Å². The third-order valence-electron chi connectivity index (χ3n) is 8.02. The quantitative estimate of drug-likeness (QED) is 0.171. The van der Waals surface area contributed by atoms with E-state index in [2.05, 4.69) is 86.9 Å². The molecule has 41 heavy (non-hydrogen) atoms. The summed E-state index contributed by atoms with van der Waals surface area (Å²) in [6, 6.07) is 29.9. The smallest absolute Gasteiger partial charge is 0.313 e. The molecule has 0 amide bonds. The Labute approximate surface area is 241 Å². The largest absolute Gasteiger partial charge is 0.416 e. The van der Waals surface area contributed by atoms with Crippen LogP contribution in [0.3, 0.4) is 0 Å². The van der Waals surface area contributed by atoms with Crippen molar-refractivity contribution in [2.24, 2.45) is 5.92 Å². The van der Waals surface area contributed by atoms with Crippen molar-refractivity contribution >= 4 is 10.9 Å². The predicted molar refractivity (Wildman–Crippen MR) is 164 cm³/mol. The summed E-state index contributed by atoms with van der Waals surface area (Å²) in [6.45, 7) is 8.88. The average Bonchev–Trinajstić information content (AvgIpc) is 3.23. The molecule has 0 N–H and O–H groups in total. The molecule has 5 aromatic rings. The maximum absolute atomic E-state index is 13.4. The third-order valence-corrected chi connectivity index (χ3v) is 8.02. The average molecular weight is 554 g/mol. The SMILES string of the molecule is CCc1c(C)c2cc(Cc3ccc(CC(C)C)cc3)ccc2n1-c1ccc(CCc2ccccc2C(F)(F)F)cc1. The molecule has 0 unspecified atom stereocenters. The van der Waals surface area contributed by atoms with Gasteiger partial charge in [0.15, 0.2) is 0 Å². The maximum atomic E-state index is 13.4. The number of hydrogen-bond acceptors (Lipinski definition) is 0. The van der Waals surface area contributed by atoms with Crippen molar-refractivity contribution in [1.82, 2.24) is 4.57 Å². The van der Waals surface area contributed by atoms with Gasteiger partial charge in [-0.15, -0.1) is 0 Å². The molecule has 0 saturated carbocycles. The number of benzene rings is 4. The molecular formula is C37H38F3N. The molecule has 1 heterocycles. The number of aryl methyl sites for hydroxylation is 3. The van der Waals surface area contributed by atoms with Crippen molar-refractivity contribution in [2.45, 2.75) is 66.0 Å². The van der Waals surface area contributed by atoms with Crippen molar-refractivity contribution in [3.63, 3.8) is 0 Å². The van der Waals surface area contributed by atoms with Crippen molar-refractivity contribution in [3.05, 3.63) is 136 Å². The van der Waals surface area contributed by atoms with E-state index < -0.39 is 11.7 Å². The van der Waals surface area contributed by atoms with E-state index in [4.69, 9.17) is 0 Å². The van der Waals surface area contributed by atoms with Crippen LogP contribution in [-0.4, -0.2) is 4.57 Å². The fourth-order valence-corrected chi connectivity index (χ4v) is 5.98. The van der Waals surface area contributed by atoms with Crippen LogP contribution in [-0.2, 0) is 38.3 Å². The van der Waals surface area contributed by atoms with Gasteiger partial charge < -0.3 is 4.57 Å². The highest BCUT2D eigenvalue weighted by atomic mass is 19.4. The zero-order valence-electron chi connectivity index (χ0n) is 24.4. The zero-order chi connectivity index (χ0) is 29.1. The van der Waals surface area contributed by atoms with Gasteiger partial charge in [0.2, 0.25) is 0 Å². The lowest BCUT2D eigenvalue weighted by Gasteiger charge is -2.13. The molecule has 0 fully saturated rings. The van der Waals surface area contributed by atoms with Gasteiger partial charge in [-0.1, -0.05) is 81.4 Å². The van der Waals surface area contributed by atoms with Gasteiger partial charge in [-0.2, -0.15) is 13.2 Å². The molecule has 0 atom stereocenters. The molecule has 0 bridgehead atoms. The molecule has 0 saturated heterocycles. The van der Waals surface area contributed by atoms with Gasteiger partial charge in [-0.25, -0.2) is 0 Å². The Kier molecular flexibility index (Phi) is 8.40. The molecular weight excluding hydrogens is 515 g/mol. The molecule has 5 rings (SSSR count). The Bertz CT molecular complexity index is 1620. The highest BCUT2D eigenvalue weighted by molar-refractivity contribution is 5.88. The van der Waals surface area contributed by atoms with E-state index >= 15 is 0 Å². The monoisotopic (exact) mass is 553 g/mol. The van der Waals surface area contributed by atoms with E-state index in [1.807, 2.05) is 12.1 Å². The van der Waals surface area contributed by atoms with Gasteiger partial charge in [-0.05, 0) is 109 Å². The lowest BCUT2D eigenvalue weighted by atomic mass is 9.98. The summed E-state index contributed by atoms with van der Waals surface area (Å²) in [5.74, 6) is 0.653. The number of halogens is 3. The fourth-order valence-electron chi connectivity index (χ4n) is 5.98. The molecule has 0 aliphatic heterocycles. The molecule has 0 aliphatic carbocycles. The first-order valence-electron chi connectivity index (χ1n) is 14.6. The molecule has 4 aromatic carbocycles. The van der Waals surface area contributed by atoms with Crippen LogP contribution >= 0.6 is 0 Å². The van der Waals surface area contributed by atoms with Crippen LogP contribution < -0.4 is 0 Å².